The first-order valence-electron chi connectivity index (χ1n) is 5.81. The molecular formula is C12H16N4OS. The molecule has 1 atom stereocenters. The molecule has 96 valence electrons. The Morgan fingerprint density at radius 1 is 1.56 bits per heavy atom. The van der Waals surface area contributed by atoms with Crippen molar-refractivity contribution in [2.24, 2.45) is 0 Å². The van der Waals surface area contributed by atoms with E-state index < -0.39 is 0 Å². The van der Waals surface area contributed by atoms with Gasteiger partial charge in [-0.15, -0.1) is 0 Å². The van der Waals surface area contributed by atoms with Crippen molar-refractivity contribution in [1.82, 2.24) is 9.78 Å². The maximum atomic E-state index is 12.0. The van der Waals surface area contributed by atoms with Crippen LogP contribution in [0.1, 0.15) is 32.8 Å². The molecule has 0 aromatic carbocycles. The van der Waals surface area contributed by atoms with E-state index in [0.29, 0.717) is 24.3 Å². The summed E-state index contributed by atoms with van der Waals surface area (Å²) >= 11 is 4.34. The number of amides is 1. The number of carbonyl (C=O) groups is 1. The minimum absolute atomic E-state index is 0.00231. The normalized spacial score (nSPS) is 20.3. The average molecular weight is 264 g/mol. The predicted octanol–water partition coefficient (Wildman–Crippen LogP) is 1.54. The van der Waals surface area contributed by atoms with Crippen molar-refractivity contribution in [1.29, 1.82) is 5.26 Å². The van der Waals surface area contributed by atoms with Gasteiger partial charge >= 0.3 is 0 Å². The number of nitriles is 1. The van der Waals surface area contributed by atoms with Gasteiger partial charge in [-0.1, -0.05) is 0 Å². The van der Waals surface area contributed by atoms with Crippen molar-refractivity contribution in [2.45, 2.75) is 38.0 Å². The number of carbonyl (C=O) groups excluding carboxylic acids is 1. The van der Waals surface area contributed by atoms with E-state index in [9.17, 15) is 4.79 Å². The fourth-order valence-electron chi connectivity index (χ4n) is 2.06. The van der Waals surface area contributed by atoms with E-state index in [1.54, 1.807) is 9.58 Å². The van der Waals surface area contributed by atoms with Crippen molar-refractivity contribution in [3.8, 4) is 6.07 Å². The Labute approximate surface area is 112 Å². The highest BCUT2D eigenvalue weighted by atomic mass is 32.1. The number of anilines is 1. The van der Waals surface area contributed by atoms with Crippen molar-refractivity contribution in [3.05, 3.63) is 11.8 Å². The number of hydrogen-bond donors (Lipinski definition) is 1. The van der Waals surface area contributed by atoms with Crippen LogP contribution >= 0.6 is 12.6 Å². The Balaban J connectivity index is 2.52. The molecule has 2 rings (SSSR count). The molecule has 0 saturated carbocycles. The molecule has 0 spiro atoms. The quantitative estimate of drug-likeness (QED) is 0.783. The van der Waals surface area contributed by atoms with E-state index in [-0.39, 0.29) is 16.7 Å². The van der Waals surface area contributed by atoms with Gasteiger partial charge in [-0.05, 0) is 20.8 Å². The van der Waals surface area contributed by atoms with Gasteiger partial charge in [0.15, 0.2) is 5.82 Å². The molecule has 5 nitrogen and oxygen atoms in total. The standard InChI is InChI=1S/C12H16N4OS/c1-12(2,3)16-11(8(5-13)6-14-16)15-7-9(18)4-10(15)17/h6,9,18H,4,7H2,1-3H3. The first-order chi connectivity index (χ1) is 8.34. The summed E-state index contributed by atoms with van der Waals surface area (Å²) in [6.45, 7) is 6.49. The lowest BCUT2D eigenvalue weighted by atomic mass is 10.1. The molecule has 1 aliphatic heterocycles. The molecule has 0 aliphatic carbocycles. The summed E-state index contributed by atoms with van der Waals surface area (Å²) < 4.78 is 1.73. The van der Waals surface area contributed by atoms with Gasteiger partial charge < -0.3 is 0 Å². The summed E-state index contributed by atoms with van der Waals surface area (Å²) in [5, 5.41) is 13.4. The Morgan fingerprint density at radius 3 is 2.67 bits per heavy atom. The van der Waals surface area contributed by atoms with Crippen LogP contribution in [0.3, 0.4) is 0 Å². The summed E-state index contributed by atoms with van der Waals surface area (Å²) in [5.41, 5.74) is 0.153. The molecule has 0 N–H and O–H groups in total. The van der Waals surface area contributed by atoms with Gasteiger partial charge in [-0.25, -0.2) is 4.68 Å². The van der Waals surface area contributed by atoms with E-state index in [4.69, 9.17) is 5.26 Å². The second kappa shape index (κ2) is 4.32. The molecule has 1 saturated heterocycles. The van der Waals surface area contributed by atoms with Crippen LogP contribution in [0.4, 0.5) is 5.82 Å². The van der Waals surface area contributed by atoms with Crippen LogP contribution in [0.25, 0.3) is 0 Å². The summed E-state index contributed by atoms with van der Waals surface area (Å²) in [5.74, 6) is 0.587. The Bertz CT molecular complexity index is 523. The zero-order valence-electron chi connectivity index (χ0n) is 10.7. The molecule has 6 heteroatoms. The number of rotatable bonds is 1. The summed E-state index contributed by atoms with van der Waals surface area (Å²) in [6, 6.07) is 2.10. The summed E-state index contributed by atoms with van der Waals surface area (Å²) in [4.78, 5) is 13.6. The Kier molecular flexibility index (Phi) is 3.11. The average Bonchev–Trinajstić information content (AvgIpc) is 2.79. The third-order valence-corrected chi connectivity index (χ3v) is 3.21. The van der Waals surface area contributed by atoms with Crippen LogP contribution in [0, 0.1) is 11.3 Å². The first kappa shape index (κ1) is 13.0. The molecule has 1 aromatic rings. The lowest BCUT2D eigenvalue weighted by molar-refractivity contribution is -0.117. The third-order valence-electron chi connectivity index (χ3n) is 2.86. The topological polar surface area (TPSA) is 61.9 Å². The molecule has 1 amide bonds. The van der Waals surface area contributed by atoms with Crippen molar-refractivity contribution in [2.75, 3.05) is 11.4 Å². The number of thiol groups is 1. The molecule has 1 aliphatic rings. The monoisotopic (exact) mass is 264 g/mol. The maximum Gasteiger partial charge on any atom is 0.229 e. The van der Waals surface area contributed by atoms with Gasteiger partial charge in [0.1, 0.15) is 11.6 Å². The second-order valence-corrected chi connectivity index (χ2v) is 6.17. The van der Waals surface area contributed by atoms with Crippen molar-refractivity contribution >= 4 is 24.4 Å². The lowest BCUT2D eigenvalue weighted by Crippen LogP contribution is -2.33. The van der Waals surface area contributed by atoms with Gasteiger partial charge in [-0.2, -0.15) is 23.0 Å². The number of hydrogen-bond acceptors (Lipinski definition) is 4. The van der Waals surface area contributed by atoms with E-state index in [2.05, 4.69) is 23.8 Å². The van der Waals surface area contributed by atoms with Crippen LogP contribution in [0.15, 0.2) is 6.20 Å². The van der Waals surface area contributed by atoms with Crippen LogP contribution < -0.4 is 4.90 Å². The maximum absolute atomic E-state index is 12.0. The molecule has 18 heavy (non-hydrogen) atoms. The molecule has 0 radical (unpaired) electrons. The largest absolute Gasteiger partial charge is 0.295 e. The first-order valence-corrected chi connectivity index (χ1v) is 6.33. The van der Waals surface area contributed by atoms with Crippen molar-refractivity contribution < 1.29 is 4.79 Å². The summed E-state index contributed by atoms with van der Waals surface area (Å²) in [7, 11) is 0. The fourth-order valence-corrected chi connectivity index (χ4v) is 2.38. The van der Waals surface area contributed by atoms with Gasteiger partial charge in [0.25, 0.3) is 0 Å². The SMILES string of the molecule is CC(C)(C)n1ncc(C#N)c1N1CC(S)CC1=O. The van der Waals surface area contributed by atoms with E-state index in [1.165, 1.54) is 6.20 Å². The number of aromatic nitrogens is 2. The van der Waals surface area contributed by atoms with Crippen LogP contribution in [0.2, 0.25) is 0 Å². The fraction of sp³-hybridized carbons (Fsp3) is 0.583. The highest BCUT2D eigenvalue weighted by molar-refractivity contribution is 7.81. The number of nitrogens with zero attached hydrogens (tertiary/aromatic N) is 4. The van der Waals surface area contributed by atoms with Crippen LogP contribution in [-0.2, 0) is 10.3 Å². The summed E-state index contributed by atoms with van der Waals surface area (Å²) in [6.07, 6.45) is 1.92. The third kappa shape index (κ3) is 2.10. The highest BCUT2D eigenvalue weighted by Crippen LogP contribution is 2.30. The van der Waals surface area contributed by atoms with Crippen LogP contribution in [-0.4, -0.2) is 27.5 Å². The van der Waals surface area contributed by atoms with Gasteiger partial charge in [0, 0.05) is 18.2 Å². The second-order valence-electron chi connectivity index (χ2n) is 5.44. The van der Waals surface area contributed by atoms with Gasteiger partial charge in [-0.3, -0.25) is 9.69 Å². The zero-order valence-corrected chi connectivity index (χ0v) is 11.6. The molecule has 0 bridgehead atoms. The molecule has 1 fully saturated rings. The van der Waals surface area contributed by atoms with Crippen LogP contribution in [0.5, 0.6) is 0 Å². The highest BCUT2D eigenvalue weighted by Gasteiger charge is 2.34. The molecule has 1 unspecified atom stereocenters. The Morgan fingerprint density at radius 2 is 2.22 bits per heavy atom. The minimum Gasteiger partial charge on any atom is -0.295 e. The Hall–Kier alpha value is -1.48. The van der Waals surface area contributed by atoms with Gasteiger partial charge in [0.2, 0.25) is 5.91 Å². The molecular weight excluding hydrogens is 248 g/mol. The van der Waals surface area contributed by atoms with E-state index in [0.717, 1.165) is 0 Å². The zero-order chi connectivity index (χ0) is 13.5. The van der Waals surface area contributed by atoms with Crippen molar-refractivity contribution in [3.63, 3.8) is 0 Å². The molecule has 1 aromatic heterocycles. The lowest BCUT2D eigenvalue weighted by Gasteiger charge is -2.26. The molecule has 2 heterocycles. The minimum atomic E-state index is -0.278. The van der Waals surface area contributed by atoms with Gasteiger partial charge in [0.05, 0.1) is 11.7 Å². The predicted molar refractivity (Wildman–Crippen MR) is 71.7 cm³/mol. The van der Waals surface area contributed by atoms with E-state index in [1.807, 2.05) is 20.8 Å². The van der Waals surface area contributed by atoms with E-state index >= 15 is 0 Å². The smallest absolute Gasteiger partial charge is 0.229 e.